The maximum atomic E-state index is 14.2. The highest BCUT2D eigenvalue weighted by Crippen LogP contribution is 2.25. The van der Waals surface area contributed by atoms with Gasteiger partial charge in [-0.2, -0.15) is 0 Å². The van der Waals surface area contributed by atoms with Gasteiger partial charge in [0.15, 0.2) is 0 Å². The smallest absolute Gasteiger partial charge is 0.245 e. The molecule has 154 valence electrons. The van der Waals surface area contributed by atoms with Gasteiger partial charge in [-0.15, -0.1) is 0 Å². The van der Waals surface area contributed by atoms with Gasteiger partial charge in [0.2, 0.25) is 11.9 Å². The molecule has 0 radical (unpaired) electrons. The largest absolute Gasteiger partial charge is 0.497 e. The first-order chi connectivity index (χ1) is 14.5. The zero-order chi connectivity index (χ0) is 21.1. The maximum Gasteiger partial charge on any atom is 0.245 e. The fourth-order valence-corrected chi connectivity index (χ4v) is 3.57. The molecule has 30 heavy (non-hydrogen) atoms. The Morgan fingerprint density at radius 3 is 2.70 bits per heavy atom. The summed E-state index contributed by atoms with van der Waals surface area (Å²) in [5, 5.41) is 3.13. The van der Waals surface area contributed by atoms with E-state index in [0.717, 1.165) is 16.9 Å². The van der Waals surface area contributed by atoms with Crippen molar-refractivity contribution in [1.82, 2.24) is 14.9 Å². The Hall–Kier alpha value is -3.48. The van der Waals surface area contributed by atoms with Crippen LogP contribution in [0.15, 0.2) is 54.7 Å². The van der Waals surface area contributed by atoms with Gasteiger partial charge in [0.05, 0.1) is 12.8 Å². The molecule has 1 aromatic heterocycles. The Morgan fingerprint density at radius 1 is 1.20 bits per heavy atom. The summed E-state index contributed by atoms with van der Waals surface area (Å²) in [7, 11) is 1.63. The van der Waals surface area contributed by atoms with E-state index >= 15 is 0 Å². The molecule has 1 amide bonds. The van der Waals surface area contributed by atoms with E-state index in [4.69, 9.17) is 4.74 Å². The highest BCUT2D eigenvalue weighted by molar-refractivity contribution is 5.86. The average molecular weight is 406 g/mol. The summed E-state index contributed by atoms with van der Waals surface area (Å²) in [4.78, 5) is 23.4. The number of rotatable bonds is 6. The number of likely N-dealkylation sites (tertiary alicyclic amines) is 1. The third kappa shape index (κ3) is 4.10. The van der Waals surface area contributed by atoms with Crippen molar-refractivity contribution in [2.75, 3.05) is 19.0 Å². The first-order valence-corrected chi connectivity index (χ1v) is 9.82. The minimum atomic E-state index is -0.403. The summed E-state index contributed by atoms with van der Waals surface area (Å²) in [6, 6.07) is 13.8. The summed E-state index contributed by atoms with van der Waals surface area (Å²) in [6.45, 7) is 3.02. The summed E-state index contributed by atoms with van der Waals surface area (Å²) < 4.78 is 19.4. The Balaban J connectivity index is 1.46. The number of carbonyl (C=O) groups is 1. The number of aromatic nitrogens is 2. The minimum absolute atomic E-state index is 0.00225. The van der Waals surface area contributed by atoms with Crippen molar-refractivity contribution in [3.05, 3.63) is 71.7 Å². The zero-order valence-corrected chi connectivity index (χ0v) is 16.9. The van der Waals surface area contributed by atoms with Crippen LogP contribution in [0, 0.1) is 12.7 Å². The van der Waals surface area contributed by atoms with Gasteiger partial charge in [0.1, 0.15) is 17.6 Å². The fourth-order valence-electron chi connectivity index (χ4n) is 3.57. The van der Waals surface area contributed by atoms with Crippen LogP contribution in [0.3, 0.4) is 0 Å². The second-order valence-electron chi connectivity index (χ2n) is 7.30. The van der Waals surface area contributed by atoms with Crippen LogP contribution >= 0.6 is 0 Å². The lowest BCUT2D eigenvalue weighted by molar-refractivity contribution is -0.128. The quantitative estimate of drug-likeness (QED) is 0.674. The van der Waals surface area contributed by atoms with Crippen molar-refractivity contribution in [3.8, 4) is 17.0 Å². The van der Waals surface area contributed by atoms with Gasteiger partial charge in [0.25, 0.3) is 0 Å². The van der Waals surface area contributed by atoms with Gasteiger partial charge in [-0.1, -0.05) is 24.3 Å². The molecule has 0 spiro atoms. The van der Waals surface area contributed by atoms with Gasteiger partial charge in [-0.05, 0) is 48.7 Å². The van der Waals surface area contributed by atoms with Gasteiger partial charge >= 0.3 is 0 Å². The van der Waals surface area contributed by atoms with Crippen LogP contribution in [0.25, 0.3) is 11.3 Å². The van der Waals surface area contributed by atoms with Crippen LogP contribution in [-0.2, 0) is 11.3 Å². The van der Waals surface area contributed by atoms with Crippen LogP contribution in [-0.4, -0.2) is 40.5 Å². The first kappa shape index (κ1) is 19.8. The maximum absolute atomic E-state index is 14.2. The van der Waals surface area contributed by atoms with Gasteiger partial charge in [0, 0.05) is 24.8 Å². The third-order valence-corrected chi connectivity index (χ3v) is 5.23. The molecular weight excluding hydrogens is 383 g/mol. The Labute approximate surface area is 174 Å². The van der Waals surface area contributed by atoms with Crippen molar-refractivity contribution in [3.63, 3.8) is 0 Å². The molecule has 3 aromatic rings. The second kappa shape index (κ2) is 8.49. The molecule has 7 heteroatoms. The van der Waals surface area contributed by atoms with Crippen LogP contribution < -0.4 is 10.1 Å². The summed E-state index contributed by atoms with van der Waals surface area (Å²) in [6.07, 6.45) is 2.30. The average Bonchev–Trinajstić information content (AvgIpc) is 3.10. The molecular formula is C23H23FN4O2. The number of hydrogen-bond acceptors (Lipinski definition) is 5. The number of methoxy groups -OCH3 is 1. The molecule has 0 bridgehead atoms. The van der Waals surface area contributed by atoms with Crippen molar-refractivity contribution >= 4 is 11.9 Å². The van der Waals surface area contributed by atoms with Gasteiger partial charge in [-0.25, -0.2) is 14.4 Å². The highest BCUT2D eigenvalue weighted by Gasteiger charge is 2.32. The number of hydrogen-bond donors (Lipinski definition) is 1. The number of benzene rings is 2. The zero-order valence-electron chi connectivity index (χ0n) is 16.9. The molecule has 1 unspecified atom stereocenters. The normalized spacial score (nSPS) is 16.0. The predicted octanol–water partition coefficient (Wildman–Crippen LogP) is 3.81. The van der Waals surface area contributed by atoms with E-state index in [-0.39, 0.29) is 11.7 Å². The molecule has 1 atom stereocenters. The standard InChI is InChI=1S/C23H23FN4O2/c1-15-13-25-23(27-21(15)18-5-3-4-6-19(18)24)26-20-11-12-28(22(20)29)14-16-7-9-17(30-2)10-8-16/h3-10,13,20H,11-12,14H2,1-2H3,(H,25,26,27). The number of halogens is 1. The van der Waals surface area contributed by atoms with E-state index < -0.39 is 6.04 Å². The molecule has 2 heterocycles. The van der Waals surface area contributed by atoms with Crippen LogP contribution in [0.1, 0.15) is 17.5 Å². The lowest BCUT2D eigenvalue weighted by atomic mass is 10.1. The third-order valence-electron chi connectivity index (χ3n) is 5.23. The second-order valence-corrected chi connectivity index (χ2v) is 7.30. The van der Waals surface area contributed by atoms with E-state index in [2.05, 4.69) is 15.3 Å². The molecule has 0 aliphatic carbocycles. The summed E-state index contributed by atoms with van der Waals surface area (Å²) >= 11 is 0. The number of nitrogens with one attached hydrogen (secondary N) is 1. The molecule has 1 aliphatic rings. The molecule has 1 N–H and O–H groups in total. The van der Waals surface area contributed by atoms with Gasteiger partial charge in [-0.3, -0.25) is 4.79 Å². The van der Waals surface area contributed by atoms with E-state index in [0.29, 0.717) is 36.7 Å². The number of amides is 1. The van der Waals surface area contributed by atoms with Crippen molar-refractivity contribution in [2.24, 2.45) is 0 Å². The molecule has 0 saturated carbocycles. The molecule has 2 aromatic carbocycles. The van der Waals surface area contributed by atoms with Crippen LogP contribution in [0.5, 0.6) is 5.75 Å². The lowest BCUT2D eigenvalue weighted by Crippen LogP contribution is -2.33. The van der Waals surface area contributed by atoms with Crippen LogP contribution in [0.4, 0.5) is 10.3 Å². The van der Waals surface area contributed by atoms with Crippen molar-refractivity contribution in [1.29, 1.82) is 0 Å². The topological polar surface area (TPSA) is 67.3 Å². The number of anilines is 1. The van der Waals surface area contributed by atoms with E-state index in [1.54, 1.807) is 31.5 Å². The minimum Gasteiger partial charge on any atom is -0.497 e. The Kier molecular flexibility index (Phi) is 5.61. The molecule has 6 nitrogen and oxygen atoms in total. The molecule has 1 saturated heterocycles. The SMILES string of the molecule is COc1ccc(CN2CCC(Nc3ncc(C)c(-c4ccccc4F)n3)C2=O)cc1. The summed E-state index contributed by atoms with van der Waals surface area (Å²) in [5.41, 5.74) is 2.74. The monoisotopic (exact) mass is 406 g/mol. The predicted molar refractivity (Wildman–Crippen MR) is 113 cm³/mol. The van der Waals surface area contributed by atoms with Crippen LogP contribution in [0.2, 0.25) is 0 Å². The number of nitrogens with zero attached hydrogens (tertiary/aromatic N) is 3. The Morgan fingerprint density at radius 2 is 1.97 bits per heavy atom. The number of carbonyl (C=O) groups excluding carboxylic acids is 1. The van der Waals surface area contributed by atoms with Crippen molar-refractivity contribution < 1.29 is 13.9 Å². The Bertz CT molecular complexity index is 1060. The van der Waals surface area contributed by atoms with E-state index in [1.807, 2.05) is 36.1 Å². The van der Waals surface area contributed by atoms with E-state index in [1.165, 1.54) is 6.07 Å². The van der Waals surface area contributed by atoms with Gasteiger partial charge < -0.3 is 15.0 Å². The van der Waals surface area contributed by atoms with E-state index in [9.17, 15) is 9.18 Å². The summed E-state index contributed by atoms with van der Waals surface area (Å²) in [5.74, 6) is 0.770. The molecule has 4 rings (SSSR count). The highest BCUT2D eigenvalue weighted by atomic mass is 19.1. The number of aryl methyl sites for hydroxylation is 1. The number of ether oxygens (including phenoxy) is 1. The first-order valence-electron chi connectivity index (χ1n) is 9.82. The van der Waals surface area contributed by atoms with Crippen molar-refractivity contribution in [2.45, 2.75) is 25.9 Å². The molecule has 1 aliphatic heterocycles. The fraction of sp³-hybridized carbons (Fsp3) is 0.261. The lowest BCUT2D eigenvalue weighted by Gasteiger charge is -2.18. The molecule has 1 fully saturated rings.